The molecule has 0 radical (unpaired) electrons. The summed E-state index contributed by atoms with van der Waals surface area (Å²) < 4.78 is 18.7. The van der Waals surface area contributed by atoms with Crippen LogP contribution in [0.1, 0.15) is 5.56 Å². The van der Waals surface area contributed by atoms with E-state index in [4.69, 9.17) is 4.74 Å². The minimum absolute atomic E-state index is 0.284. The summed E-state index contributed by atoms with van der Waals surface area (Å²) in [6.07, 6.45) is 1.72. The van der Waals surface area contributed by atoms with Crippen molar-refractivity contribution in [2.75, 3.05) is 12.4 Å². The predicted molar refractivity (Wildman–Crippen MR) is 72.2 cm³/mol. The van der Waals surface area contributed by atoms with Crippen LogP contribution in [0.2, 0.25) is 0 Å². The van der Waals surface area contributed by atoms with Crippen molar-refractivity contribution in [2.24, 2.45) is 0 Å². The van der Waals surface area contributed by atoms with Crippen molar-refractivity contribution in [2.45, 2.75) is 6.54 Å². The molecular formula is C13H12BrFN2O. The van der Waals surface area contributed by atoms with Gasteiger partial charge in [-0.15, -0.1) is 0 Å². The topological polar surface area (TPSA) is 34.1 Å². The molecule has 0 saturated carbocycles. The fourth-order valence-electron chi connectivity index (χ4n) is 1.45. The predicted octanol–water partition coefficient (Wildman–Crippen LogP) is 3.60. The van der Waals surface area contributed by atoms with Crippen molar-refractivity contribution in [3.63, 3.8) is 0 Å². The first-order valence-electron chi connectivity index (χ1n) is 5.37. The molecular weight excluding hydrogens is 299 g/mol. The third-order valence-corrected chi connectivity index (χ3v) is 3.07. The van der Waals surface area contributed by atoms with Crippen LogP contribution < -0.4 is 10.1 Å². The molecule has 0 spiro atoms. The molecule has 0 amide bonds. The lowest BCUT2D eigenvalue weighted by molar-refractivity contribution is 0.397. The second kappa shape index (κ2) is 5.82. The van der Waals surface area contributed by atoms with Crippen LogP contribution in [0.5, 0.6) is 5.88 Å². The van der Waals surface area contributed by atoms with E-state index in [1.54, 1.807) is 25.4 Å². The van der Waals surface area contributed by atoms with Gasteiger partial charge >= 0.3 is 0 Å². The summed E-state index contributed by atoms with van der Waals surface area (Å²) in [6.45, 7) is 0.581. The molecule has 2 rings (SSSR count). The Morgan fingerprint density at radius 1 is 1.33 bits per heavy atom. The Balaban J connectivity index is 1.99. The van der Waals surface area contributed by atoms with E-state index in [0.717, 1.165) is 11.3 Å². The number of rotatable bonds is 4. The van der Waals surface area contributed by atoms with Crippen molar-refractivity contribution >= 4 is 21.6 Å². The zero-order valence-corrected chi connectivity index (χ0v) is 11.4. The van der Waals surface area contributed by atoms with Crippen LogP contribution in [0.3, 0.4) is 0 Å². The van der Waals surface area contributed by atoms with Crippen LogP contribution in [0.25, 0.3) is 0 Å². The van der Waals surface area contributed by atoms with Gasteiger partial charge in [0.15, 0.2) is 0 Å². The Morgan fingerprint density at radius 2 is 2.17 bits per heavy atom. The summed E-state index contributed by atoms with van der Waals surface area (Å²) in [4.78, 5) is 4.10. The van der Waals surface area contributed by atoms with Crippen LogP contribution >= 0.6 is 15.9 Å². The van der Waals surface area contributed by atoms with Gasteiger partial charge in [0, 0.05) is 24.5 Å². The SMILES string of the molecule is COc1ccc(CNc2ccc(Br)c(F)c2)cn1. The van der Waals surface area contributed by atoms with Gasteiger partial charge in [0.05, 0.1) is 11.6 Å². The lowest BCUT2D eigenvalue weighted by atomic mass is 10.2. The number of hydrogen-bond donors (Lipinski definition) is 1. The molecule has 0 aliphatic carbocycles. The summed E-state index contributed by atoms with van der Waals surface area (Å²) in [7, 11) is 1.57. The minimum atomic E-state index is -0.284. The molecule has 0 bridgehead atoms. The highest BCUT2D eigenvalue weighted by atomic mass is 79.9. The van der Waals surface area contributed by atoms with Gasteiger partial charge in [0.25, 0.3) is 0 Å². The van der Waals surface area contributed by atoms with Crippen molar-refractivity contribution in [3.05, 3.63) is 52.4 Å². The number of nitrogens with zero attached hydrogens (tertiary/aromatic N) is 1. The van der Waals surface area contributed by atoms with Crippen LogP contribution in [0.15, 0.2) is 41.0 Å². The largest absolute Gasteiger partial charge is 0.481 e. The highest BCUT2D eigenvalue weighted by Gasteiger charge is 2.01. The molecule has 3 nitrogen and oxygen atoms in total. The number of anilines is 1. The quantitative estimate of drug-likeness (QED) is 0.937. The number of methoxy groups -OCH3 is 1. The third-order valence-electron chi connectivity index (χ3n) is 2.42. The third kappa shape index (κ3) is 3.20. The Hall–Kier alpha value is -1.62. The lowest BCUT2D eigenvalue weighted by Gasteiger charge is -2.07. The fourth-order valence-corrected chi connectivity index (χ4v) is 1.69. The molecule has 1 aromatic heterocycles. The van der Waals surface area contributed by atoms with E-state index in [-0.39, 0.29) is 5.82 Å². The maximum atomic E-state index is 13.3. The standard InChI is InChI=1S/C13H12BrFN2O/c1-18-13-5-2-9(8-17-13)7-16-10-3-4-11(14)12(15)6-10/h2-6,8,16H,7H2,1H3. The number of pyridine rings is 1. The van der Waals surface area contributed by atoms with Gasteiger partial charge in [0.1, 0.15) is 5.82 Å². The van der Waals surface area contributed by atoms with E-state index in [1.165, 1.54) is 6.07 Å². The Morgan fingerprint density at radius 3 is 2.78 bits per heavy atom. The Bertz CT molecular complexity index is 531. The number of halogens is 2. The normalized spacial score (nSPS) is 10.2. The average molecular weight is 311 g/mol. The van der Waals surface area contributed by atoms with Crippen molar-refractivity contribution in [1.82, 2.24) is 4.98 Å². The summed E-state index contributed by atoms with van der Waals surface area (Å²) >= 11 is 3.11. The zero-order valence-electron chi connectivity index (χ0n) is 9.78. The highest BCUT2D eigenvalue weighted by Crippen LogP contribution is 2.19. The van der Waals surface area contributed by atoms with E-state index in [2.05, 4.69) is 26.2 Å². The monoisotopic (exact) mass is 310 g/mol. The number of ether oxygens (including phenoxy) is 1. The van der Waals surface area contributed by atoms with Gasteiger partial charge in [-0.25, -0.2) is 9.37 Å². The van der Waals surface area contributed by atoms with Gasteiger partial charge in [-0.05, 0) is 39.7 Å². The maximum absolute atomic E-state index is 13.3. The highest BCUT2D eigenvalue weighted by molar-refractivity contribution is 9.10. The first-order valence-corrected chi connectivity index (χ1v) is 6.16. The number of hydrogen-bond acceptors (Lipinski definition) is 3. The average Bonchev–Trinajstić information content (AvgIpc) is 2.41. The van der Waals surface area contributed by atoms with Crippen LogP contribution in [-0.4, -0.2) is 12.1 Å². The zero-order chi connectivity index (χ0) is 13.0. The molecule has 5 heteroatoms. The van der Waals surface area contributed by atoms with E-state index in [0.29, 0.717) is 16.9 Å². The minimum Gasteiger partial charge on any atom is -0.481 e. The first kappa shape index (κ1) is 12.8. The molecule has 0 fully saturated rings. The molecule has 2 aromatic rings. The smallest absolute Gasteiger partial charge is 0.212 e. The fraction of sp³-hybridized carbons (Fsp3) is 0.154. The van der Waals surface area contributed by atoms with E-state index < -0.39 is 0 Å². The molecule has 1 N–H and O–H groups in total. The molecule has 0 unspecified atom stereocenters. The summed E-state index contributed by atoms with van der Waals surface area (Å²) in [5, 5.41) is 3.12. The number of aromatic nitrogens is 1. The van der Waals surface area contributed by atoms with Gasteiger partial charge in [0.2, 0.25) is 5.88 Å². The van der Waals surface area contributed by atoms with Crippen molar-refractivity contribution < 1.29 is 9.13 Å². The van der Waals surface area contributed by atoms with E-state index >= 15 is 0 Å². The summed E-state index contributed by atoms with van der Waals surface area (Å²) in [5.41, 5.74) is 1.73. The van der Waals surface area contributed by atoms with Gasteiger partial charge in [-0.1, -0.05) is 6.07 Å². The summed E-state index contributed by atoms with van der Waals surface area (Å²) in [5.74, 6) is 0.293. The Kier molecular flexibility index (Phi) is 4.15. The molecule has 0 saturated heterocycles. The van der Waals surface area contributed by atoms with E-state index in [9.17, 15) is 4.39 Å². The molecule has 94 valence electrons. The molecule has 0 aliphatic heterocycles. The maximum Gasteiger partial charge on any atom is 0.212 e. The lowest BCUT2D eigenvalue weighted by Crippen LogP contribution is -2.00. The van der Waals surface area contributed by atoms with Gasteiger partial charge < -0.3 is 10.1 Å². The second-order valence-electron chi connectivity index (χ2n) is 3.69. The number of nitrogens with one attached hydrogen (secondary N) is 1. The number of benzene rings is 1. The van der Waals surface area contributed by atoms with Gasteiger partial charge in [-0.3, -0.25) is 0 Å². The molecule has 0 atom stereocenters. The first-order chi connectivity index (χ1) is 8.69. The molecule has 1 heterocycles. The second-order valence-corrected chi connectivity index (χ2v) is 4.55. The van der Waals surface area contributed by atoms with Gasteiger partial charge in [-0.2, -0.15) is 0 Å². The van der Waals surface area contributed by atoms with Crippen molar-refractivity contribution in [1.29, 1.82) is 0 Å². The van der Waals surface area contributed by atoms with Crippen molar-refractivity contribution in [3.8, 4) is 5.88 Å². The van der Waals surface area contributed by atoms with Crippen LogP contribution in [0, 0.1) is 5.82 Å². The molecule has 18 heavy (non-hydrogen) atoms. The van der Waals surface area contributed by atoms with Crippen LogP contribution in [-0.2, 0) is 6.54 Å². The molecule has 1 aromatic carbocycles. The Labute approximate surface area is 113 Å². The summed E-state index contributed by atoms with van der Waals surface area (Å²) in [6, 6.07) is 8.63. The van der Waals surface area contributed by atoms with Crippen LogP contribution in [0.4, 0.5) is 10.1 Å². The molecule has 0 aliphatic rings. The van der Waals surface area contributed by atoms with E-state index in [1.807, 2.05) is 12.1 Å².